The van der Waals surface area contributed by atoms with Gasteiger partial charge in [-0.2, -0.15) is 0 Å². The maximum absolute atomic E-state index is 14.3. The van der Waals surface area contributed by atoms with Crippen LogP contribution in [0.3, 0.4) is 0 Å². The molecule has 2 amide bonds. The third-order valence-electron chi connectivity index (χ3n) is 7.98. The number of sulfonamides is 1. The molecule has 0 spiro atoms. The quantitative estimate of drug-likeness (QED) is 0.339. The molecular weight excluding hydrogens is 585 g/mol. The van der Waals surface area contributed by atoms with Crippen LogP contribution in [-0.2, 0) is 32.6 Å². The highest BCUT2D eigenvalue weighted by molar-refractivity contribution is 7.92. The molecule has 0 bridgehead atoms. The zero-order valence-electron chi connectivity index (χ0n) is 24.8. The average Bonchev–Trinajstić information content (AvgIpc) is 3.02. The number of benzene rings is 3. The molecule has 5 rings (SSSR count). The Hall–Kier alpha value is -4.12. The highest BCUT2D eigenvalue weighted by Crippen LogP contribution is 2.35. The molecule has 1 fully saturated rings. The predicted molar refractivity (Wildman–Crippen MR) is 166 cm³/mol. The van der Waals surface area contributed by atoms with E-state index in [1.165, 1.54) is 23.1 Å². The molecule has 2 aliphatic rings. The lowest BCUT2D eigenvalue weighted by atomic mass is 9.94. The van der Waals surface area contributed by atoms with Crippen molar-refractivity contribution in [3.8, 4) is 11.5 Å². The molecule has 0 unspecified atom stereocenters. The monoisotopic (exact) mass is 623 g/mol. The highest BCUT2D eigenvalue weighted by atomic mass is 32.2. The fourth-order valence-corrected chi connectivity index (χ4v) is 6.53. The van der Waals surface area contributed by atoms with Crippen LogP contribution in [0.2, 0.25) is 0 Å². The van der Waals surface area contributed by atoms with Crippen molar-refractivity contribution in [1.82, 2.24) is 10.2 Å². The van der Waals surface area contributed by atoms with Crippen molar-refractivity contribution in [1.29, 1.82) is 0 Å². The summed E-state index contributed by atoms with van der Waals surface area (Å²) in [6.07, 6.45) is 6.13. The number of rotatable bonds is 11. The molecule has 234 valence electrons. The minimum Gasteiger partial charge on any atom is -0.486 e. The Labute approximate surface area is 258 Å². The summed E-state index contributed by atoms with van der Waals surface area (Å²) >= 11 is 0. The summed E-state index contributed by atoms with van der Waals surface area (Å²) in [5.41, 5.74) is 1.69. The molecule has 0 aromatic heterocycles. The van der Waals surface area contributed by atoms with Gasteiger partial charge in [-0.05, 0) is 48.2 Å². The van der Waals surface area contributed by atoms with Crippen molar-refractivity contribution in [2.24, 2.45) is 0 Å². The van der Waals surface area contributed by atoms with Gasteiger partial charge in [0.1, 0.15) is 31.6 Å². The largest absolute Gasteiger partial charge is 0.486 e. The van der Waals surface area contributed by atoms with Crippen molar-refractivity contribution in [2.75, 3.05) is 30.3 Å². The number of hydrogen-bond donors (Lipinski definition) is 1. The number of carbonyl (C=O) groups is 2. The van der Waals surface area contributed by atoms with Crippen LogP contribution in [0.25, 0.3) is 0 Å². The van der Waals surface area contributed by atoms with Gasteiger partial charge >= 0.3 is 0 Å². The van der Waals surface area contributed by atoms with Crippen molar-refractivity contribution < 1.29 is 31.9 Å². The first kappa shape index (κ1) is 31.3. The summed E-state index contributed by atoms with van der Waals surface area (Å²) in [5, 5.41) is 3.16. The molecule has 1 heterocycles. The standard InChI is InChI=1S/C33H38FN3O6S/c1-44(40,41)37(28-16-17-30-31(21-28)43-19-18-42-30)23-32(38)36(22-25-12-14-26(34)15-13-25)29(20-24-8-4-2-5-9-24)33(39)35-27-10-6-3-7-11-27/h2,4-5,8-9,12-17,21,27,29H,3,6-7,10-11,18-20,22-23H2,1H3,(H,35,39)/t29-/m0/s1. The SMILES string of the molecule is CS(=O)(=O)N(CC(=O)N(Cc1ccc(F)cc1)[C@@H](Cc1ccccc1)C(=O)NC1CCCCC1)c1ccc2c(c1)OCCO2. The van der Waals surface area contributed by atoms with Crippen molar-refractivity contribution in [2.45, 2.75) is 57.2 Å². The highest BCUT2D eigenvalue weighted by Gasteiger charge is 2.34. The number of ether oxygens (including phenoxy) is 2. The smallest absolute Gasteiger partial charge is 0.244 e. The van der Waals surface area contributed by atoms with Crippen LogP contribution < -0.4 is 19.1 Å². The van der Waals surface area contributed by atoms with E-state index >= 15 is 0 Å². The van der Waals surface area contributed by atoms with Gasteiger partial charge in [0.15, 0.2) is 11.5 Å². The van der Waals surface area contributed by atoms with Gasteiger partial charge in [0.25, 0.3) is 0 Å². The van der Waals surface area contributed by atoms with Gasteiger partial charge in [-0.25, -0.2) is 12.8 Å². The molecule has 1 atom stereocenters. The van der Waals surface area contributed by atoms with Crippen LogP contribution in [0, 0.1) is 5.82 Å². The van der Waals surface area contributed by atoms with Crippen LogP contribution in [0.4, 0.5) is 10.1 Å². The van der Waals surface area contributed by atoms with Crippen LogP contribution in [0.15, 0.2) is 72.8 Å². The Morgan fingerprint density at radius 1 is 0.909 bits per heavy atom. The number of fused-ring (bicyclic) bond motifs is 1. The number of amides is 2. The van der Waals surface area contributed by atoms with Gasteiger partial charge < -0.3 is 19.7 Å². The second kappa shape index (κ2) is 14.1. The maximum Gasteiger partial charge on any atom is 0.244 e. The molecule has 1 N–H and O–H groups in total. The number of carbonyl (C=O) groups excluding carboxylic acids is 2. The maximum atomic E-state index is 14.3. The molecular formula is C33H38FN3O6S. The lowest BCUT2D eigenvalue weighted by Gasteiger charge is -2.35. The Balaban J connectivity index is 1.50. The molecule has 0 saturated heterocycles. The van der Waals surface area contributed by atoms with E-state index in [0.29, 0.717) is 30.3 Å². The van der Waals surface area contributed by atoms with Crippen molar-refractivity contribution in [3.05, 3.63) is 89.7 Å². The lowest BCUT2D eigenvalue weighted by Crippen LogP contribution is -2.55. The zero-order valence-corrected chi connectivity index (χ0v) is 25.6. The molecule has 0 radical (unpaired) electrons. The summed E-state index contributed by atoms with van der Waals surface area (Å²) in [6.45, 7) is 0.122. The lowest BCUT2D eigenvalue weighted by molar-refractivity contribution is -0.140. The third kappa shape index (κ3) is 8.07. The van der Waals surface area contributed by atoms with Gasteiger partial charge in [0, 0.05) is 25.1 Å². The van der Waals surface area contributed by atoms with E-state index < -0.39 is 34.3 Å². The van der Waals surface area contributed by atoms with Crippen LogP contribution in [0.1, 0.15) is 43.2 Å². The first-order valence-corrected chi connectivity index (χ1v) is 16.8. The molecule has 3 aromatic rings. The van der Waals surface area contributed by atoms with Crippen LogP contribution in [-0.4, -0.2) is 63.2 Å². The Bertz CT molecular complexity index is 1550. The number of anilines is 1. The average molecular weight is 624 g/mol. The van der Waals surface area contributed by atoms with Gasteiger partial charge in [-0.15, -0.1) is 0 Å². The Morgan fingerprint density at radius 2 is 1.59 bits per heavy atom. The predicted octanol–water partition coefficient (Wildman–Crippen LogP) is 4.45. The van der Waals surface area contributed by atoms with E-state index in [0.717, 1.165) is 48.2 Å². The van der Waals surface area contributed by atoms with Gasteiger partial charge in [0.05, 0.1) is 11.9 Å². The number of nitrogens with one attached hydrogen (secondary N) is 1. The van der Waals surface area contributed by atoms with E-state index in [1.807, 2.05) is 30.3 Å². The summed E-state index contributed by atoms with van der Waals surface area (Å²) in [4.78, 5) is 29.7. The van der Waals surface area contributed by atoms with E-state index in [1.54, 1.807) is 24.3 Å². The summed E-state index contributed by atoms with van der Waals surface area (Å²) < 4.78 is 52.2. The summed E-state index contributed by atoms with van der Waals surface area (Å²) in [7, 11) is -3.94. The van der Waals surface area contributed by atoms with E-state index in [9.17, 15) is 22.4 Å². The van der Waals surface area contributed by atoms with Crippen molar-refractivity contribution in [3.63, 3.8) is 0 Å². The molecule has 1 aliphatic heterocycles. The summed E-state index contributed by atoms with van der Waals surface area (Å²) in [5.74, 6) is -0.438. The second-order valence-electron chi connectivity index (χ2n) is 11.3. The molecule has 11 heteroatoms. The summed E-state index contributed by atoms with van der Waals surface area (Å²) in [6, 6.07) is 18.8. The minimum atomic E-state index is -3.94. The number of hydrogen-bond acceptors (Lipinski definition) is 6. The molecule has 3 aromatic carbocycles. The fourth-order valence-electron chi connectivity index (χ4n) is 5.69. The molecule has 1 aliphatic carbocycles. The van der Waals surface area contributed by atoms with Gasteiger partial charge in [-0.3, -0.25) is 13.9 Å². The zero-order chi connectivity index (χ0) is 31.1. The molecule has 44 heavy (non-hydrogen) atoms. The Kier molecular flexibility index (Phi) is 10.0. The number of halogens is 1. The normalized spacial score (nSPS) is 15.7. The van der Waals surface area contributed by atoms with Crippen LogP contribution >= 0.6 is 0 Å². The van der Waals surface area contributed by atoms with Gasteiger partial charge in [0.2, 0.25) is 21.8 Å². The third-order valence-corrected chi connectivity index (χ3v) is 9.12. The number of nitrogens with zero attached hydrogens (tertiary/aromatic N) is 2. The van der Waals surface area contributed by atoms with Crippen LogP contribution in [0.5, 0.6) is 11.5 Å². The fraction of sp³-hybridized carbons (Fsp3) is 0.394. The Morgan fingerprint density at radius 3 is 2.27 bits per heavy atom. The topological polar surface area (TPSA) is 105 Å². The minimum absolute atomic E-state index is 0.00234. The molecule has 1 saturated carbocycles. The first-order chi connectivity index (χ1) is 21.2. The van der Waals surface area contributed by atoms with E-state index in [-0.39, 0.29) is 30.6 Å². The van der Waals surface area contributed by atoms with Crippen molar-refractivity contribution >= 4 is 27.5 Å². The first-order valence-electron chi connectivity index (χ1n) is 14.9. The van der Waals surface area contributed by atoms with Gasteiger partial charge in [-0.1, -0.05) is 61.7 Å². The second-order valence-corrected chi connectivity index (χ2v) is 13.2. The molecule has 9 nitrogen and oxygen atoms in total. The van der Waals surface area contributed by atoms with E-state index in [2.05, 4.69) is 5.32 Å². The van der Waals surface area contributed by atoms with E-state index in [4.69, 9.17) is 9.47 Å².